The highest BCUT2D eigenvalue weighted by molar-refractivity contribution is 6.30. The zero-order valence-electron chi connectivity index (χ0n) is 8.43. The molecule has 1 aromatic rings. The van der Waals surface area contributed by atoms with Crippen LogP contribution in [-0.2, 0) is 0 Å². The monoisotopic (exact) mass is 226 g/mol. The summed E-state index contributed by atoms with van der Waals surface area (Å²) in [6.07, 6.45) is 0.445. The smallest absolute Gasteiger partial charge is 0.142 e. The molecule has 1 N–H and O–H groups in total. The fraction of sp³-hybridized carbons (Fsp3) is 0.364. The standard InChI is InChI=1S/C11H12ClFN2/c1-8(15-6-2-5-14)9-3-4-10(12)11(13)7-9/h3-4,7-8,15H,2,6H2,1H3. The van der Waals surface area contributed by atoms with Crippen LogP contribution in [0.1, 0.15) is 24.9 Å². The molecular weight excluding hydrogens is 215 g/mol. The summed E-state index contributed by atoms with van der Waals surface area (Å²) in [7, 11) is 0. The lowest BCUT2D eigenvalue weighted by molar-refractivity contribution is 0.572. The van der Waals surface area contributed by atoms with Gasteiger partial charge in [0.25, 0.3) is 0 Å². The van der Waals surface area contributed by atoms with Gasteiger partial charge < -0.3 is 5.32 Å². The molecule has 0 bridgehead atoms. The van der Waals surface area contributed by atoms with Crippen molar-refractivity contribution in [2.45, 2.75) is 19.4 Å². The zero-order chi connectivity index (χ0) is 11.3. The van der Waals surface area contributed by atoms with Crippen LogP contribution >= 0.6 is 11.6 Å². The number of benzene rings is 1. The van der Waals surface area contributed by atoms with E-state index in [0.717, 1.165) is 5.56 Å². The van der Waals surface area contributed by atoms with E-state index in [1.165, 1.54) is 12.1 Å². The van der Waals surface area contributed by atoms with Gasteiger partial charge in [0, 0.05) is 19.0 Å². The van der Waals surface area contributed by atoms with Crippen molar-refractivity contribution in [3.63, 3.8) is 0 Å². The first-order valence-corrected chi connectivity index (χ1v) is 5.08. The van der Waals surface area contributed by atoms with Crippen molar-refractivity contribution >= 4 is 11.6 Å². The van der Waals surface area contributed by atoms with Gasteiger partial charge in [-0.3, -0.25) is 0 Å². The Bertz CT molecular complexity index is 373. The van der Waals surface area contributed by atoms with Crippen LogP contribution in [0.15, 0.2) is 18.2 Å². The molecule has 0 aliphatic carbocycles. The summed E-state index contributed by atoms with van der Waals surface area (Å²) >= 11 is 5.57. The summed E-state index contributed by atoms with van der Waals surface area (Å²) in [6, 6.07) is 6.77. The number of hydrogen-bond donors (Lipinski definition) is 1. The summed E-state index contributed by atoms with van der Waals surface area (Å²) < 4.78 is 13.1. The van der Waals surface area contributed by atoms with Crippen LogP contribution in [0.3, 0.4) is 0 Å². The second-order valence-electron chi connectivity index (χ2n) is 3.26. The minimum atomic E-state index is -0.414. The highest BCUT2D eigenvalue weighted by Crippen LogP contribution is 2.19. The van der Waals surface area contributed by atoms with E-state index in [4.69, 9.17) is 16.9 Å². The highest BCUT2D eigenvalue weighted by atomic mass is 35.5. The van der Waals surface area contributed by atoms with Crippen LogP contribution in [0.2, 0.25) is 5.02 Å². The van der Waals surface area contributed by atoms with Crippen LogP contribution in [0.25, 0.3) is 0 Å². The Morgan fingerprint density at radius 1 is 1.60 bits per heavy atom. The number of nitriles is 1. The number of nitrogens with zero attached hydrogens (tertiary/aromatic N) is 1. The van der Waals surface area contributed by atoms with Gasteiger partial charge in [0.15, 0.2) is 0 Å². The van der Waals surface area contributed by atoms with Gasteiger partial charge in [-0.1, -0.05) is 17.7 Å². The van der Waals surface area contributed by atoms with E-state index in [2.05, 4.69) is 5.32 Å². The van der Waals surface area contributed by atoms with Gasteiger partial charge in [0.2, 0.25) is 0 Å². The van der Waals surface area contributed by atoms with Crippen LogP contribution in [0.5, 0.6) is 0 Å². The largest absolute Gasteiger partial charge is 0.309 e. The van der Waals surface area contributed by atoms with Gasteiger partial charge in [-0.05, 0) is 24.6 Å². The van der Waals surface area contributed by atoms with Gasteiger partial charge in [-0.2, -0.15) is 5.26 Å². The predicted octanol–water partition coefficient (Wildman–Crippen LogP) is 3.04. The van der Waals surface area contributed by atoms with Crippen molar-refractivity contribution in [2.24, 2.45) is 0 Å². The van der Waals surface area contributed by atoms with Gasteiger partial charge in [0.1, 0.15) is 5.82 Å². The first-order valence-electron chi connectivity index (χ1n) is 4.70. The van der Waals surface area contributed by atoms with E-state index in [1.54, 1.807) is 6.07 Å². The minimum absolute atomic E-state index is 0.0186. The Hall–Kier alpha value is -1.11. The Morgan fingerprint density at radius 3 is 2.93 bits per heavy atom. The molecule has 15 heavy (non-hydrogen) atoms. The molecule has 1 rings (SSSR count). The lowest BCUT2D eigenvalue weighted by Gasteiger charge is -2.13. The molecule has 0 aromatic heterocycles. The number of rotatable bonds is 4. The molecule has 0 saturated heterocycles. The zero-order valence-corrected chi connectivity index (χ0v) is 9.18. The number of nitrogens with one attached hydrogen (secondary N) is 1. The Labute approximate surface area is 93.7 Å². The number of hydrogen-bond acceptors (Lipinski definition) is 2. The van der Waals surface area contributed by atoms with Gasteiger partial charge in [-0.15, -0.1) is 0 Å². The molecule has 0 aliphatic heterocycles. The van der Waals surface area contributed by atoms with Crippen LogP contribution in [0, 0.1) is 17.1 Å². The second kappa shape index (κ2) is 5.69. The highest BCUT2D eigenvalue weighted by Gasteiger charge is 2.07. The lowest BCUT2D eigenvalue weighted by atomic mass is 10.1. The Kier molecular flexibility index (Phi) is 4.54. The molecule has 1 unspecified atom stereocenters. The average Bonchev–Trinajstić information content (AvgIpc) is 2.22. The third-order valence-electron chi connectivity index (χ3n) is 2.13. The van der Waals surface area contributed by atoms with Crippen molar-refractivity contribution in [3.8, 4) is 6.07 Å². The van der Waals surface area contributed by atoms with Gasteiger partial charge in [-0.25, -0.2) is 4.39 Å². The first-order chi connectivity index (χ1) is 7.15. The molecule has 80 valence electrons. The quantitative estimate of drug-likeness (QED) is 0.801. The van der Waals surface area contributed by atoms with Gasteiger partial charge in [0.05, 0.1) is 11.1 Å². The van der Waals surface area contributed by atoms with Crippen LogP contribution < -0.4 is 5.32 Å². The molecule has 2 nitrogen and oxygen atoms in total. The third kappa shape index (κ3) is 3.50. The second-order valence-corrected chi connectivity index (χ2v) is 3.66. The number of halogens is 2. The molecule has 0 saturated carbocycles. The average molecular weight is 227 g/mol. The van der Waals surface area contributed by atoms with Crippen molar-refractivity contribution in [3.05, 3.63) is 34.6 Å². The molecule has 0 aliphatic rings. The topological polar surface area (TPSA) is 35.8 Å². The van der Waals surface area contributed by atoms with Crippen LogP contribution in [0.4, 0.5) is 4.39 Å². The summed E-state index contributed by atoms with van der Waals surface area (Å²) in [5.74, 6) is -0.414. The normalized spacial score (nSPS) is 12.1. The SMILES string of the molecule is CC(NCCC#N)c1ccc(Cl)c(F)c1. The maximum absolute atomic E-state index is 13.1. The fourth-order valence-electron chi connectivity index (χ4n) is 1.24. The summed E-state index contributed by atoms with van der Waals surface area (Å²) in [5, 5.41) is 11.6. The summed E-state index contributed by atoms with van der Waals surface area (Å²) in [4.78, 5) is 0. The molecule has 0 fully saturated rings. The third-order valence-corrected chi connectivity index (χ3v) is 2.44. The molecular formula is C11H12ClFN2. The van der Waals surface area contributed by atoms with Crippen molar-refractivity contribution in [1.82, 2.24) is 5.32 Å². The van der Waals surface area contributed by atoms with Gasteiger partial charge >= 0.3 is 0 Å². The van der Waals surface area contributed by atoms with E-state index in [-0.39, 0.29) is 11.1 Å². The molecule has 4 heteroatoms. The minimum Gasteiger partial charge on any atom is -0.309 e. The predicted molar refractivity (Wildman–Crippen MR) is 58.1 cm³/mol. The molecule has 0 amide bonds. The van der Waals surface area contributed by atoms with E-state index in [0.29, 0.717) is 13.0 Å². The van der Waals surface area contributed by atoms with E-state index in [9.17, 15) is 4.39 Å². The van der Waals surface area contributed by atoms with E-state index >= 15 is 0 Å². The summed E-state index contributed by atoms with van der Waals surface area (Å²) in [5.41, 5.74) is 0.829. The maximum Gasteiger partial charge on any atom is 0.142 e. The van der Waals surface area contributed by atoms with Crippen molar-refractivity contribution < 1.29 is 4.39 Å². The van der Waals surface area contributed by atoms with Crippen molar-refractivity contribution in [1.29, 1.82) is 5.26 Å². The van der Waals surface area contributed by atoms with Crippen molar-refractivity contribution in [2.75, 3.05) is 6.54 Å². The Morgan fingerprint density at radius 2 is 2.33 bits per heavy atom. The molecule has 0 radical (unpaired) electrons. The molecule has 1 atom stereocenters. The van der Waals surface area contributed by atoms with E-state index < -0.39 is 5.82 Å². The fourth-order valence-corrected chi connectivity index (χ4v) is 1.36. The maximum atomic E-state index is 13.1. The molecule has 0 spiro atoms. The lowest BCUT2D eigenvalue weighted by Crippen LogP contribution is -2.19. The molecule has 0 heterocycles. The summed E-state index contributed by atoms with van der Waals surface area (Å²) in [6.45, 7) is 2.52. The van der Waals surface area contributed by atoms with E-state index in [1.807, 2.05) is 13.0 Å². The Balaban J connectivity index is 2.62. The first kappa shape index (κ1) is 12.0. The van der Waals surface area contributed by atoms with Crippen LogP contribution in [-0.4, -0.2) is 6.54 Å². The molecule has 1 aromatic carbocycles.